The first-order valence-electron chi connectivity index (χ1n) is 12.0. The van der Waals surface area contributed by atoms with Crippen molar-refractivity contribution in [3.63, 3.8) is 0 Å². The van der Waals surface area contributed by atoms with Gasteiger partial charge in [-0.2, -0.15) is 0 Å². The van der Waals surface area contributed by atoms with Gasteiger partial charge in [-0.15, -0.1) is 0 Å². The molecule has 1 saturated heterocycles. The van der Waals surface area contributed by atoms with Crippen LogP contribution in [0.4, 0.5) is 5.95 Å². The predicted molar refractivity (Wildman–Crippen MR) is 126 cm³/mol. The predicted octanol–water partition coefficient (Wildman–Crippen LogP) is 3.06. The summed E-state index contributed by atoms with van der Waals surface area (Å²) in [4.78, 5) is 12.1. The minimum Gasteiger partial charge on any atom is -0.491 e. The van der Waals surface area contributed by atoms with E-state index in [4.69, 9.17) is 19.4 Å². The summed E-state index contributed by atoms with van der Waals surface area (Å²) in [7, 11) is 1.82. The van der Waals surface area contributed by atoms with E-state index in [9.17, 15) is 5.11 Å². The third-order valence-corrected chi connectivity index (χ3v) is 6.30. The van der Waals surface area contributed by atoms with Crippen LogP contribution in [-0.2, 0) is 11.2 Å². The zero-order chi connectivity index (χ0) is 22.2. The van der Waals surface area contributed by atoms with E-state index >= 15 is 0 Å². The van der Waals surface area contributed by atoms with Gasteiger partial charge < -0.3 is 24.8 Å². The molecule has 0 bridgehead atoms. The minimum atomic E-state index is -0.544. The van der Waals surface area contributed by atoms with Crippen molar-refractivity contribution < 1.29 is 14.6 Å². The quantitative estimate of drug-likeness (QED) is 0.620. The molecule has 2 fully saturated rings. The van der Waals surface area contributed by atoms with E-state index in [0.717, 1.165) is 48.2 Å². The number of aliphatic hydroxyl groups excluding tert-OH is 1. The van der Waals surface area contributed by atoms with Gasteiger partial charge in [0, 0.05) is 30.9 Å². The number of rotatable bonds is 9. The van der Waals surface area contributed by atoms with Gasteiger partial charge in [-0.25, -0.2) is 9.97 Å². The van der Waals surface area contributed by atoms with Crippen LogP contribution < -0.4 is 15.0 Å². The second-order valence-corrected chi connectivity index (χ2v) is 8.90. The van der Waals surface area contributed by atoms with E-state index < -0.39 is 6.10 Å². The summed E-state index contributed by atoms with van der Waals surface area (Å²) >= 11 is 0. The number of likely N-dealkylation sites (N-methyl/N-ethyl adjacent to an activating group) is 1. The number of aromatic nitrogens is 2. The molecule has 0 spiro atoms. The SMILES string of the molecule is CNCC(O)COc1cccc(-c2cc(CC3CCCCC3)nc(N3CCOCC3)n2)c1. The lowest BCUT2D eigenvalue weighted by Crippen LogP contribution is -2.37. The highest BCUT2D eigenvalue weighted by Gasteiger charge is 2.19. The molecule has 1 aliphatic heterocycles. The van der Waals surface area contributed by atoms with E-state index in [0.29, 0.717) is 25.7 Å². The Morgan fingerprint density at radius 3 is 2.75 bits per heavy atom. The highest BCUT2D eigenvalue weighted by molar-refractivity contribution is 5.63. The molecule has 174 valence electrons. The van der Waals surface area contributed by atoms with Crippen molar-refractivity contribution in [2.45, 2.75) is 44.6 Å². The molecule has 0 amide bonds. The number of nitrogens with zero attached hydrogens (tertiary/aromatic N) is 3. The number of anilines is 1. The molecule has 1 unspecified atom stereocenters. The fourth-order valence-corrected chi connectivity index (χ4v) is 4.56. The highest BCUT2D eigenvalue weighted by Crippen LogP contribution is 2.29. The summed E-state index contributed by atoms with van der Waals surface area (Å²) < 4.78 is 11.3. The van der Waals surface area contributed by atoms with Crippen LogP contribution >= 0.6 is 0 Å². The maximum atomic E-state index is 9.95. The van der Waals surface area contributed by atoms with Crippen molar-refractivity contribution >= 4 is 5.95 Å². The summed E-state index contributed by atoms with van der Waals surface area (Å²) in [6.07, 6.45) is 7.09. The van der Waals surface area contributed by atoms with Crippen LogP contribution in [0, 0.1) is 5.92 Å². The number of ether oxygens (including phenoxy) is 2. The standard InChI is InChI=1S/C25H36N4O3/c1-26-17-22(30)18-32-23-9-5-8-20(15-23)24-16-21(14-19-6-3-2-4-7-19)27-25(28-24)29-10-12-31-13-11-29/h5,8-9,15-16,19,22,26,30H,2-4,6-7,10-14,17-18H2,1H3. The molecular weight excluding hydrogens is 404 g/mol. The van der Waals surface area contributed by atoms with E-state index in [1.807, 2.05) is 25.2 Å². The lowest BCUT2D eigenvalue weighted by atomic mass is 9.86. The van der Waals surface area contributed by atoms with Gasteiger partial charge in [-0.05, 0) is 37.6 Å². The molecule has 1 aromatic heterocycles. The normalized spacial score (nSPS) is 18.5. The van der Waals surface area contributed by atoms with Crippen LogP contribution in [-0.4, -0.2) is 67.7 Å². The number of hydrogen-bond donors (Lipinski definition) is 2. The fraction of sp³-hybridized carbons (Fsp3) is 0.600. The largest absolute Gasteiger partial charge is 0.491 e. The molecule has 4 rings (SSSR count). The fourth-order valence-electron chi connectivity index (χ4n) is 4.56. The molecule has 7 heteroatoms. The topological polar surface area (TPSA) is 79.7 Å². The molecule has 2 heterocycles. The van der Waals surface area contributed by atoms with Gasteiger partial charge >= 0.3 is 0 Å². The summed E-state index contributed by atoms with van der Waals surface area (Å²) in [6.45, 7) is 3.81. The van der Waals surface area contributed by atoms with Crippen LogP contribution in [0.5, 0.6) is 5.75 Å². The first kappa shape index (κ1) is 23.0. The molecule has 1 aromatic carbocycles. The molecule has 0 radical (unpaired) electrons. The highest BCUT2D eigenvalue weighted by atomic mass is 16.5. The molecule has 2 aliphatic rings. The lowest BCUT2D eigenvalue weighted by molar-refractivity contribution is 0.108. The average molecular weight is 441 g/mol. The van der Waals surface area contributed by atoms with Crippen LogP contribution in [0.3, 0.4) is 0 Å². The van der Waals surface area contributed by atoms with E-state index in [1.54, 1.807) is 0 Å². The zero-order valence-electron chi connectivity index (χ0n) is 19.1. The van der Waals surface area contributed by atoms with E-state index in [2.05, 4.69) is 22.3 Å². The third kappa shape index (κ3) is 6.40. The van der Waals surface area contributed by atoms with Gasteiger partial charge in [0.2, 0.25) is 5.95 Å². The number of aliphatic hydroxyl groups is 1. The Morgan fingerprint density at radius 1 is 1.16 bits per heavy atom. The van der Waals surface area contributed by atoms with Crippen molar-refractivity contribution in [3.05, 3.63) is 36.0 Å². The maximum absolute atomic E-state index is 9.95. The molecule has 2 aromatic rings. The van der Waals surface area contributed by atoms with Gasteiger partial charge in [0.05, 0.1) is 18.9 Å². The molecule has 1 atom stereocenters. The van der Waals surface area contributed by atoms with Crippen molar-refractivity contribution in [1.82, 2.24) is 15.3 Å². The number of morpholine rings is 1. The first-order chi connectivity index (χ1) is 15.7. The van der Waals surface area contributed by atoms with Gasteiger partial charge in [0.15, 0.2) is 0 Å². The van der Waals surface area contributed by atoms with Crippen molar-refractivity contribution in [2.75, 3.05) is 51.4 Å². The zero-order valence-corrected chi connectivity index (χ0v) is 19.1. The second kappa shape index (κ2) is 11.6. The molecule has 32 heavy (non-hydrogen) atoms. The summed E-state index contributed by atoms with van der Waals surface area (Å²) in [5, 5.41) is 12.9. The Hall–Kier alpha value is -2.22. The van der Waals surface area contributed by atoms with Gasteiger partial charge in [0.25, 0.3) is 0 Å². The molecule has 1 aliphatic carbocycles. The number of nitrogens with one attached hydrogen (secondary N) is 1. The number of benzene rings is 1. The van der Waals surface area contributed by atoms with Crippen molar-refractivity contribution in [2.24, 2.45) is 5.92 Å². The third-order valence-electron chi connectivity index (χ3n) is 6.30. The average Bonchev–Trinajstić information content (AvgIpc) is 2.84. The molecule has 1 saturated carbocycles. The van der Waals surface area contributed by atoms with Crippen molar-refractivity contribution in [3.8, 4) is 17.0 Å². The maximum Gasteiger partial charge on any atom is 0.226 e. The van der Waals surface area contributed by atoms with Crippen LogP contribution in [0.15, 0.2) is 30.3 Å². The number of hydrogen-bond acceptors (Lipinski definition) is 7. The Morgan fingerprint density at radius 2 is 1.97 bits per heavy atom. The van der Waals surface area contributed by atoms with Crippen LogP contribution in [0.2, 0.25) is 0 Å². The minimum absolute atomic E-state index is 0.250. The van der Waals surface area contributed by atoms with E-state index in [1.165, 1.54) is 32.1 Å². The smallest absolute Gasteiger partial charge is 0.226 e. The van der Waals surface area contributed by atoms with Crippen molar-refractivity contribution in [1.29, 1.82) is 0 Å². The Bertz CT molecular complexity index is 851. The Labute approximate surface area is 191 Å². The van der Waals surface area contributed by atoms with Gasteiger partial charge in [-0.3, -0.25) is 0 Å². The summed E-state index contributed by atoms with van der Waals surface area (Å²) in [5.41, 5.74) is 3.06. The van der Waals surface area contributed by atoms with Crippen LogP contribution in [0.1, 0.15) is 37.8 Å². The van der Waals surface area contributed by atoms with Crippen LogP contribution in [0.25, 0.3) is 11.3 Å². The Kier molecular flexibility index (Phi) is 8.31. The lowest BCUT2D eigenvalue weighted by Gasteiger charge is -2.28. The monoisotopic (exact) mass is 440 g/mol. The summed E-state index contributed by atoms with van der Waals surface area (Å²) in [6, 6.07) is 10.1. The molecular formula is C25H36N4O3. The second-order valence-electron chi connectivity index (χ2n) is 8.90. The Balaban J connectivity index is 1.57. The van der Waals surface area contributed by atoms with Gasteiger partial charge in [-0.1, -0.05) is 44.2 Å². The van der Waals surface area contributed by atoms with E-state index in [-0.39, 0.29) is 6.61 Å². The molecule has 7 nitrogen and oxygen atoms in total. The molecule has 2 N–H and O–H groups in total. The van der Waals surface area contributed by atoms with Gasteiger partial charge in [0.1, 0.15) is 18.5 Å². The summed E-state index contributed by atoms with van der Waals surface area (Å²) in [5.74, 6) is 2.25. The first-order valence-corrected chi connectivity index (χ1v) is 12.0.